The van der Waals surface area contributed by atoms with Crippen LogP contribution in [0.25, 0.3) is 0 Å². The number of methoxy groups -OCH3 is 1. The van der Waals surface area contributed by atoms with Crippen LogP contribution in [-0.4, -0.2) is 29.2 Å². The summed E-state index contributed by atoms with van der Waals surface area (Å²) in [5.41, 5.74) is 0.965. The molecule has 0 aliphatic carbocycles. The Kier molecular flexibility index (Phi) is 4.92. The van der Waals surface area contributed by atoms with Crippen molar-refractivity contribution in [1.82, 2.24) is 14.9 Å². The van der Waals surface area contributed by atoms with Gasteiger partial charge in [-0.05, 0) is 17.7 Å². The van der Waals surface area contributed by atoms with Gasteiger partial charge in [-0.1, -0.05) is 28.1 Å². The minimum Gasteiger partial charge on any atom is -0.375 e. The summed E-state index contributed by atoms with van der Waals surface area (Å²) >= 11 is 3.41. The highest BCUT2D eigenvalue weighted by atomic mass is 79.9. The van der Waals surface area contributed by atoms with Crippen molar-refractivity contribution in [3.8, 4) is 0 Å². The third-order valence-electron chi connectivity index (χ3n) is 2.90. The Bertz CT molecular complexity index is 580. The molecule has 5 nitrogen and oxygen atoms in total. The van der Waals surface area contributed by atoms with Crippen LogP contribution in [0.2, 0.25) is 0 Å². The van der Waals surface area contributed by atoms with Gasteiger partial charge in [-0.15, -0.1) is 0 Å². The Labute approximate surface area is 126 Å². The molecule has 0 radical (unpaired) electrons. The summed E-state index contributed by atoms with van der Waals surface area (Å²) in [6, 6.07) is 7.49. The number of ether oxygens (including phenoxy) is 1. The fourth-order valence-corrected chi connectivity index (χ4v) is 2.21. The van der Waals surface area contributed by atoms with Crippen molar-refractivity contribution in [3.05, 3.63) is 52.5 Å². The molecule has 106 valence electrons. The number of aromatic nitrogens is 2. The monoisotopic (exact) mass is 337 g/mol. The molecule has 0 saturated heterocycles. The number of halogens is 1. The molecule has 1 aromatic carbocycles. The molecule has 0 aliphatic rings. The van der Waals surface area contributed by atoms with E-state index in [9.17, 15) is 4.79 Å². The lowest BCUT2D eigenvalue weighted by atomic mass is 10.1. The zero-order chi connectivity index (χ0) is 14.5. The second-order valence-electron chi connectivity index (χ2n) is 4.38. The smallest absolute Gasteiger partial charge is 0.246 e. The summed E-state index contributed by atoms with van der Waals surface area (Å²) in [6.07, 6.45) is 3.56. The molecule has 0 saturated carbocycles. The van der Waals surface area contributed by atoms with Crippen molar-refractivity contribution in [1.29, 1.82) is 0 Å². The molecule has 0 unspecified atom stereocenters. The van der Waals surface area contributed by atoms with Crippen LogP contribution in [0.1, 0.15) is 17.4 Å². The average molecular weight is 338 g/mol. The third kappa shape index (κ3) is 3.46. The van der Waals surface area contributed by atoms with Gasteiger partial charge >= 0.3 is 0 Å². The molecular weight excluding hydrogens is 322 g/mol. The summed E-state index contributed by atoms with van der Waals surface area (Å²) in [5.74, 6) is 0.597. The van der Waals surface area contributed by atoms with E-state index in [-0.39, 0.29) is 18.6 Å². The lowest BCUT2D eigenvalue weighted by molar-refractivity contribution is -0.125. The van der Waals surface area contributed by atoms with E-state index in [1.54, 1.807) is 6.20 Å². The zero-order valence-corrected chi connectivity index (χ0v) is 12.9. The summed E-state index contributed by atoms with van der Waals surface area (Å²) in [5, 5.41) is 2.93. The number of aryl methyl sites for hydroxylation is 1. The number of amides is 1. The van der Waals surface area contributed by atoms with Gasteiger partial charge in [-0.2, -0.15) is 0 Å². The minimum atomic E-state index is -0.300. The van der Waals surface area contributed by atoms with Gasteiger partial charge in [0, 0.05) is 31.0 Å². The van der Waals surface area contributed by atoms with Crippen molar-refractivity contribution in [2.24, 2.45) is 7.05 Å². The Hall–Kier alpha value is -1.66. The number of carbonyl (C=O) groups excluding carboxylic acids is 1. The van der Waals surface area contributed by atoms with Crippen LogP contribution in [-0.2, 0) is 16.6 Å². The highest BCUT2D eigenvalue weighted by Crippen LogP contribution is 2.22. The average Bonchev–Trinajstić information content (AvgIpc) is 2.84. The maximum Gasteiger partial charge on any atom is 0.246 e. The fourth-order valence-electron chi connectivity index (χ4n) is 1.94. The highest BCUT2D eigenvalue weighted by Gasteiger charge is 2.20. The van der Waals surface area contributed by atoms with E-state index in [1.165, 1.54) is 7.11 Å². The molecule has 1 amide bonds. The van der Waals surface area contributed by atoms with Crippen LogP contribution < -0.4 is 5.32 Å². The number of imidazole rings is 1. The van der Waals surface area contributed by atoms with E-state index >= 15 is 0 Å². The van der Waals surface area contributed by atoms with Crippen LogP contribution in [0.5, 0.6) is 0 Å². The van der Waals surface area contributed by atoms with Gasteiger partial charge in [0.25, 0.3) is 0 Å². The van der Waals surface area contributed by atoms with Crippen molar-refractivity contribution >= 4 is 21.8 Å². The second-order valence-corrected chi connectivity index (χ2v) is 5.30. The molecule has 0 aliphatic heterocycles. The molecule has 0 fully saturated rings. The molecule has 6 heteroatoms. The van der Waals surface area contributed by atoms with Gasteiger partial charge in [0.2, 0.25) is 5.91 Å². The largest absolute Gasteiger partial charge is 0.375 e. The maximum absolute atomic E-state index is 11.8. The fraction of sp³-hybridized carbons (Fsp3) is 0.286. The Morgan fingerprint density at radius 3 is 2.70 bits per heavy atom. The minimum absolute atomic E-state index is 0.0252. The number of nitrogens with one attached hydrogen (secondary N) is 1. The van der Waals surface area contributed by atoms with Crippen LogP contribution in [0.3, 0.4) is 0 Å². The van der Waals surface area contributed by atoms with Crippen molar-refractivity contribution in [2.45, 2.75) is 6.04 Å². The van der Waals surface area contributed by atoms with Gasteiger partial charge in [-0.3, -0.25) is 4.79 Å². The van der Waals surface area contributed by atoms with Gasteiger partial charge in [0.15, 0.2) is 0 Å². The maximum atomic E-state index is 11.8. The molecule has 0 spiro atoms. The topological polar surface area (TPSA) is 56.1 Å². The first-order valence-corrected chi connectivity index (χ1v) is 6.92. The Morgan fingerprint density at radius 1 is 1.45 bits per heavy atom. The normalized spacial score (nSPS) is 12.2. The van der Waals surface area contributed by atoms with Crippen molar-refractivity contribution < 1.29 is 9.53 Å². The quantitative estimate of drug-likeness (QED) is 0.908. The summed E-state index contributed by atoms with van der Waals surface area (Å²) < 4.78 is 7.74. The number of nitrogens with zero attached hydrogens (tertiary/aromatic N) is 2. The van der Waals surface area contributed by atoms with Gasteiger partial charge < -0.3 is 14.6 Å². The van der Waals surface area contributed by atoms with E-state index in [0.717, 1.165) is 15.9 Å². The van der Waals surface area contributed by atoms with E-state index < -0.39 is 0 Å². The van der Waals surface area contributed by atoms with Gasteiger partial charge in [0.1, 0.15) is 18.5 Å². The molecular formula is C14H16BrN3O2. The van der Waals surface area contributed by atoms with Gasteiger partial charge in [0.05, 0.1) is 0 Å². The second kappa shape index (κ2) is 6.67. The standard InChI is InChI=1S/C14H16BrN3O2/c1-18-8-7-16-14(18)13(17-12(19)9-20-2)10-3-5-11(15)6-4-10/h3-8,13H,9H2,1-2H3,(H,17,19)/t13-/m1/s1. The number of hydrogen-bond donors (Lipinski definition) is 1. The number of carbonyl (C=O) groups is 1. The molecule has 1 heterocycles. The van der Waals surface area contributed by atoms with Crippen LogP contribution in [0, 0.1) is 0 Å². The summed E-state index contributed by atoms with van der Waals surface area (Å²) in [7, 11) is 3.39. The van der Waals surface area contributed by atoms with Crippen molar-refractivity contribution in [2.75, 3.05) is 13.7 Å². The third-order valence-corrected chi connectivity index (χ3v) is 3.43. The molecule has 2 rings (SSSR count). The number of hydrogen-bond acceptors (Lipinski definition) is 3. The predicted molar refractivity (Wildman–Crippen MR) is 79.2 cm³/mol. The molecule has 20 heavy (non-hydrogen) atoms. The van der Waals surface area contributed by atoms with Crippen LogP contribution in [0.15, 0.2) is 41.1 Å². The first kappa shape index (κ1) is 14.7. The lowest BCUT2D eigenvalue weighted by Gasteiger charge is -2.19. The SMILES string of the molecule is COCC(=O)N[C@H](c1ccc(Br)cc1)c1nccn1C. The first-order valence-electron chi connectivity index (χ1n) is 6.13. The molecule has 1 N–H and O–H groups in total. The molecule has 1 atom stereocenters. The number of benzene rings is 1. The van der Waals surface area contributed by atoms with Crippen molar-refractivity contribution in [3.63, 3.8) is 0 Å². The summed E-state index contributed by atoms with van der Waals surface area (Å²) in [4.78, 5) is 16.1. The van der Waals surface area contributed by atoms with E-state index in [0.29, 0.717) is 0 Å². The molecule has 2 aromatic rings. The number of rotatable bonds is 5. The van der Waals surface area contributed by atoms with E-state index in [4.69, 9.17) is 4.74 Å². The van der Waals surface area contributed by atoms with E-state index in [2.05, 4.69) is 26.2 Å². The van der Waals surface area contributed by atoms with Crippen LogP contribution >= 0.6 is 15.9 Å². The first-order chi connectivity index (χ1) is 9.61. The van der Waals surface area contributed by atoms with Crippen LogP contribution in [0.4, 0.5) is 0 Å². The Morgan fingerprint density at radius 2 is 2.15 bits per heavy atom. The summed E-state index contributed by atoms with van der Waals surface area (Å²) in [6.45, 7) is 0.0252. The molecule has 0 bridgehead atoms. The molecule has 1 aromatic heterocycles. The van der Waals surface area contributed by atoms with E-state index in [1.807, 2.05) is 42.1 Å². The Balaban J connectivity index is 2.31. The highest BCUT2D eigenvalue weighted by molar-refractivity contribution is 9.10. The zero-order valence-electron chi connectivity index (χ0n) is 11.3. The predicted octanol–water partition coefficient (Wildman–Crippen LogP) is 2.03. The lowest BCUT2D eigenvalue weighted by Crippen LogP contribution is -2.33. The van der Waals surface area contributed by atoms with Gasteiger partial charge in [-0.25, -0.2) is 4.98 Å².